The Kier molecular flexibility index (Phi) is 3.54. The maximum atomic E-state index is 12.2. The van der Waals surface area contributed by atoms with Crippen molar-refractivity contribution >= 4 is 37.8 Å². The summed E-state index contributed by atoms with van der Waals surface area (Å²) in [4.78, 5) is 4.73. The number of aryl methyl sites for hydroxylation is 1. The normalized spacial score (nSPS) is 15.1. The Balaban J connectivity index is 1.94. The molecule has 4 rings (SSSR count). The Morgan fingerprint density at radius 1 is 1.24 bits per heavy atom. The molecule has 0 radical (unpaired) electrons. The number of hydrogen-bond acceptors (Lipinski definition) is 6. The summed E-state index contributed by atoms with van der Waals surface area (Å²) < 4.78 is 29.7. The van der Waals surface area contributed by atoms with Crippen molar-refractivity contribution in [2.45, 2.75) is 11.3 Å². The summed E-state index contributed by atoms with van der Waals surface area (Å²) in [6, 6.07) is 10.8. The van der Waals surface area contributed by atoms with Crippen LogP contribution in [0.3, 0.4) is 0 Å². The lowest BCUT2D eigenvalue weighted by atomic mass is 10.0. The van der Waals surface area contributed by atoms with Crippen molar-refractivity contribution in [1.82, 2.24) is 4.98 Å². The molecule has 0 saturated heterocycles. The molecule has 0 unspecified atom stereocenters. The van der Waals surface area contributed by atoms with Crippen LogP contribution in [0.1, 0.15) is 5.56 Å². The highest BCUT2D eigenvalue weighted by molar-refractivity contribution is 7.91. The van der Waals surface area contributed by atoms with Crippen LogP contribution < -0.4 is 15.8 Å². The van der Waals surface area contributed by atoms with Gasteiger partial charge in [0, 0.05) is 17.1 Å². The fourth-order valence-electron chi connectivity index (χ4n) is 3.22. The number of benzene rings is 2. The molecule has 25 heavy (non-hydrogen) atoms. The van der Waals surface area contributed by atoms with Gasteiger partial charge in [-0.2, -0.15) is 0 Å². The molecule has 0 atom stereocenters. The Bertz CT molecular complexity index is 1090. The van der Waals surface area contributed by atoms with E-state index in [0.29, 0.717) is 22.7 Å². The predicted octanol–water partition coefficient (Wildman–Crippen LogP) is 2.90. The van der Waals surface area contributed by atoms with E-state index in [4.69, 9.17) is 10.5 Å². The number of anilines is 3. The zero-order valence-corrected chi connectivity index (χ0v) is 14.4. The number of hydrogen-bond donors (Lipinski definition) is 2. The maximum Gasteiger partial charge on any atom is 0.179 e. The van der Waals surface area contributed by atoms with Crippen LogP contribution in [0.4, 0.5) is 17.1 Å². The molecule has 0 spiro atoms. The topological polar surface area (TPSA) is 94.3 Å². The molecule has 3 aromatic rings. The first-order chi connectivity index (χ1) is 12.0. The lowest BCUT2D eigenvalue weighted by Crippen LogP contribution is -2.01. The van der Waals surface area contributed by atoms with E-state index in [2.05, 4.69) is 10.3 Å². The van der Waals surface area contributed by atoms with Crippen molar-refractivity contribution < 1.29 is 13.2 Å². The highest BCUT2D eigenvalue weighted by Crippen LogP contribution is 2.39. The second-order valence-corrected chi connectivity index (χ2v) is 8.03. The molecule has 1 aromatic heterocycles. The van der Waals surface area contributed by atoms with E-state index in [1.165, 1.54) is 0 Å². The third kappa shape index (κ3) is 2.56. The van der Waals surface area contributed by atoms with E-state index >= 15 is 0 Å². The van der Waals surface area contributed by atoms with Crippen molar-refractivity contribution in [1.29, 1.82) is 0 Å². The van der Waals surface area contributed by atoms with Gasteiger partial charge in [-0.3, -0.25) is 4.98 Å². The quantitative estimate of drug-likeness (QED) is 0.750. The first-order valence-electron chi connectivity index (χ1n) is 7.83. The van der Waals surface area contributed by atoms with Crippen LogP contribution >= 0.6 is 0 Å². The number of nitrogens with two attached hydrogens (primary N) is 1. The van der Waals surface area contributed by atoms with Gasteiger partial charge >= 0.3 is 0 Å². The van der Waals surface area contributed by atoms with E-state index in [-0.39, 0.29) is 5.75 Å². The molecule has 6 nitrogen and oxygen atoms in total. The van der Waals surface area contributed by atoms with Crippen LogP contribution in [0.5, 0.6) is 5.75 Å². The van der Waals surface area contributed by atoms with Crippen molar-refractivity contribution in [3.05, 3.63) is 48.2 Å². The average Bonchev–Trinajstić information content (AvgIpc) is 2.92. The van der Waals surface area contributed by atoms with E-state index in [9.17, 15) is 8.42 Å². The number of pyridine rings is 1. The highest BCUT2D eigenvalue weighted by atomic mass is 32.2. The largest absolute Gasteiger partial charge is 0.497 e. The summed E-state index contributed by atoms with van der Waals surface area (Å²) in [5, 5.41) is 4.07. The van der Waals surface area contributed by atoms with Gasteiger partial charge in [0.1, 0.15) is 5.75 Å². The third-order valence-corrected chi connectivity index (χ3v) is 6.22. The molecule has 128 valence electrons. The molecule has 0 saturated carbocycles. The van der Waals surface area contributed by atoms with Crippen LogP contribution in [-0.2, 0) is 16.3 Å². The van der Waals surface area contributed by atoms with E-state index in [0.717, 1.165) is 27.9 Å². The monoisotopic (exact) mass is 355 g/mol. The van der Waals surface area contributed by atoms with Gasteiger partial charge < -0.3 is 15.8 Å². The number of fused-ring (bicyclic) bond motifs is 3. The fraction of sp³-hybridized carbons (Fsp3) is 0.167. The Morgan fingerprint density at radius 2 is 2.08 bits per heavy atom. The van der Waals surface area contributed by atoms with Gasteiger partial charge in [-0.25, -0.2) is 8.42 Å². The molecule has 3 N–H and O–H groups in total. The van der Waals surface area contributed by atoms with E-state index in [1.807, 2.05) is 24.3 Å². The van der Waals surface area contributed by atoms with Crippen molar-refractivity contribution in [2.24, 2.45) is 0 Å². The standard InChI is InChI=1S/C18H17N3O3S/c1-24-12-4-2-3-11(9-12)21-18-14(19)10-20-15-5-6-16-13(17(15)18)7-8-25(16,22)23/h2-6,9-10H,7-8,19H2,1H3,(H,20,21). The van der Waals surface area contributed by atoms with Gasteiger partial charge in [0.2, 0.25) is 0 Å². The molecule has 0 fully saturated rings. The van der Waals surface area contributed by atoms with Gasteiger partial charge in [0.05, 0.1) is 40.8 Å². The van der Waals surface area contributed by atoms with Crippen LogP contribution in [0.2, 0.25) is 0 Å². The Morgan fingerprint density at radius 3 is 2.88 bits per heavy atom. The van der Waals surface area contributed by atoms with Crippen molar-refractivity contribution in [2.75, 3.05) is 23.9 Å². The average molecular weight is 355 g/mol. The molecule has 0 bridgehead atoms. The number of nitrogen functional groups attached to an aromatic ring is 1. The van der Waals surface area contributed by atoms with Crippen molar-refractivity contribution in [3.8, 4) is 5.75 Å². The van der Waals surface area contributed by atoms with Crippen LogP contribution in [-0.4, -0.2) is 26.3 Å². The minimum Gasteiger partial charge on any atom is -0.497 e. The Hall–Kier alpha value is -2.80. The highest BCUT2D eigenvalue weighted by Gasteiger charge is 2.29. The number of methoxy groups -OCH3 is 1. The van der Waals surface area contributed by atoms with Gasteiger partial charge in [-0.05, 0) is 36.2 Å². The van der Waals surface area contributed by atoms with Crippen LogP contribution in [0.25, 0.3) is 10.9 Å². The molecule has 2 heterocycles. The smallest absolute Gasteiger partial charge is 0.179 e. The number of sulfone groups is 1. The Labute approximate surface area is 145 Å². The molecule has 0 aliphatic carbocycles. The van der Waals surface area contributed by atoms with Gasteiger partial charge in [-0.15, -0.1) is 0 Å². The summed E-state index contributed by atoms with van der Waals surface area (Å²) in [6.45, 7) is 0. The van der Waals surface area contributed by atoms with E-state index in [1.54, 1.807) is 25.4 Å². The SMILES string of the molecule is COc1cccc(Nc2c(N)cnc3ccc4c(c23)CCS4(=O)=O)c1. The molecule has 1 aliphatic rings. The third-order valence-electron chi connectivity index (χ3n) is 4.42. The fourth-order valence-corrected chi connectivity index (χ4v) is 4.76. The minimum atomic E-state index is -3.23. The van der Waals surface area contributed by atoms with Gasteiger partial charge in [-0.1, -0.05) is 6.07 Å². The first kappa shape index (κ1) is 15.7. The first-order valence-corrected chi connectivity index (χ1v) is 9.49. The predicted molar refractivity (Wildman–Crippen MR) is 98.2 cm³/mol. The molecule has 2 aromatic carbocycles. The lowest BCUT2D eigenvalue weighted by Gasteiger charge is -2.15. The molecular weight excluding hydrogens is 338 g/mol. The summed E-state index contributed by atoms with van der Waals surface area (Å²) in [7, 11) is -1.62. The van der Waals surface area contributed by atoms with Crippen molar-refractivity contribution in [3.63, 3.8) is 0 Å². The second kappa shape index (κ2) is 5.63. The summed E-state index contributed by atoms with van der Waals surface area (Å²) in [6.07, 6.45) is 2.05. The minimum absolute atomic E-state index is 0.120. The summed E-state index contributed by atoms with van der Waals surface area (Å²) in [5.74, 6) is 0.837. The molecule has 7 heteroatoms. The molecule has 0 amide bonds. The maximum absolute atomic E-state index is 12.2. The molecular formula is C18H17N3O3S. The van der Waals surface area contributed by atoms with E-state index < -0.39 is 9.84 Å². The second-order valence-electron chi connectivity index (χ2n) is 5.95. The lowest BCUT2D eigenvalue weighted by molar-refractivity contribution is 0.415. The number of nitrogens with zero attached hydrogens (tertiary/aromatic N) is 1. The number of nitrogens with one attached hydrogen (secondary N) is 1. The summed E-state index contributed by atoms with van der Waals surface area (Å²) in [5.41, 5.74) is 9.60. The number of rotatable bonds is 3. The van der Waals surface area contributed by atoms with Crippen LogP contribution in [0.15, 0.2) is 47.5 Å². The number of aromatic nitrogens is 1. The zero-order chi connectivity index (χ0) is 17.6. The molecule has 1 aliphatic heterocycles. The van der Waals surface area contributed by atoms with Crippen LogP contribution in [0, 0.1) is 0 Å². The van der Waals surface area contributed by atoms with Gasteiger partial charge in [0.25, 0.3) is 0 Å². The van der Waals surface area contributed by atoms with Gasteiger partial charge in [0.15, 0.2) is 9.84 Å². The number of ether oxygens (including phenoxy) is 1. The summed E-state index contributed by atoms with van der Waals surface area (Å²) >= 11 is 0. The zero-order valence-electron chi connectivity index (χ0n) is 13.6.